The second-order valence-corrected chi connectivity index (χ2v) is 3.24. The number of allylic oxidation sites excluding steroid dienone is 2. The summed E-state index contributed by atoms with van der Waals surface area (Å²) in [4.78, 5) is 0. The molecule has 0 fully saturated rings. The van der Waals surface area contributed by atoms with Crippen LogP contribution in [0.3, 0.4) is 0 Å². The Labute approximate surface area is 79.6 Å². The molecule has 0 amide bonds. The monoisotopic (exact) mass is 180 g/mol. The minimum absolute atomic E-state index is 0.138. The summed E-state index contributed by atoms with van der Waals surface area (Å²) < 4.78 is 0. The number of hydrogen-bond acceptors (Lipinski definition) is 2. The second-order valence-electron chi connectivity index (χ2n) is 3.24. The Bertz CT molecular complexity index is 219. The first-order valence-electron chi connectivity index (χ1n) is 4.09. The molecular formula is C11H16O2. The van der Waals surface area contributed by atoms with Crippen LogP contribution in [-0.2, 0) is 0 Å². The first-order valence-corrected chi connectivity index (χ1v) is 4.09. The third-order valence-electron chi connectivity index (χ3n) is 2.04. The van der Waals surface area contributed by atoms with Crippen molar-refractivity contribution in [2.75, 3.05) is 13.2 Å². The number of aliphatic hydroxyl groups is 2. The van der Waals surface area contributed by atoms with Gasteiger partial charge in [0.15, 0.2) is 0 Å². The molecule has 0 aliphatic carbocycles. The van der Waals surface area contributed by atoms with Gasteiger partial charge in [-0.3, -0.25) is 0 Å². The summed E-state index contributed by atoms with van der Waals surface area (Å²) >= 11 is 0. The van der Waals surface area contributed by atoms with E-state index in [1.54, 1.807) is 6.08 Å². The smallest absolute Gasteiger partial charge is 0.0521 e. The molecular weight excluding hydrogens is 164 g/mol. The maximum absolute atomic E-state index is 9.12. The summed E-state index contributed by atoms with van der Waals surface area (Å²) in [7, 11) is 0. The normalized spacial score (nSPS) is 10.5. The standard InChI is InChI=1S/C11H16O2/c1-4-6-11(8-12,9-13)7-10(3)5-2/h1,5,12-13H,2-3,6-9H2. The Morgan fingerprint density at radius 3 is 2.31 bits per heavy atom. The topological polar surface area (TPSA) is 40.5 Å². The molecule has 2 N–H and O–H groups in total. The van der Waals surface area contributed by atoms with Crippen LogP contribution in [0.1, 0.15) is 12.8 Å². The van der Waals surface area contributed by atoms with Crippen molar-refractivity contribution in [2.45, 2.75) is 12.8 Å². The van der Waals surface area contributed by atoms with E-state index in [2.05, 4.69) is 19.1 Å². The molecule has 0 atom stereocenters. The lowest BCUT2D eigenvalue weighted by Gasteiger charge is -2.27. The Balaban J connectivity index is 4.48. The molecule has 0 unspecified atom stereocenters. The Morgan fingerprint density at radius 1 is 1.46 bits per heavy atom. The summed E-state index contributed by atoms with van der Waals surface area (Å²) in [5.41, 5.74) is 0.137. The van der Waals surface area contributed by atoms with Crippen molar-refractivity contribution in [3.8, 4) is 12.3 Å². The molecule has 0 aromatic rings. The van der Waals surface area contributed by atoms with Crippen LogP contribution in [0.2, 0.25) is 0 Å². The molecule has 0 spiro atoms. The average molecular weight is 180 g/mol. The largest absolute Gasteiger partial charge is 0.396 e. The van der Waals surface area contributed by atoms with E-state index in [1.165, 1.54) is 0 Å². The summed E-state index contributed by atoms with van der Waals surface area (Å²) in [6, 6.07) is 0. The minimum atomic E-state index is -0.639. The maximum atomic E-state index is 9.12. The van der Waals surface area contributed by atoms with Crippen LogP contribution >= 0.6 is 0 Å². The van der Waals surface area contributed by atoms with E-state index < -0.39 is 5.41 Å². The van der Waals surface area contributed by atoms with Gasteiger partial charge in [-0.2, -0.15) is 0 Å². The number of rotatable bonds is 6. The van der Waals surface area contributed by atoms with Gasteiger partial charge in [0.1, 0.15) is 0 Å². The van der Waals surface area contributed by atoms with Gasteiger partial charge in [-0.25, -0.2) is 0 Å². The van der Waals surface area contributed by atoms with Crippen molar-refractivity contribution < 1.29 is 10.2 Å². The Kier molecular flexibility index (Phi) is 5.13. The van der Waals surface area contributed by atoms with E-state index in [0.717, 1.165) is 5.57 Å². The molecule has 0 aliphatic rings. The molecule has 0 heterocycles. The highest BCUT2D eigenvalue weighted by atomic mass is 16.3. The molecule has 0 radical (unpaired) electrons. The van der Waals surface area contributed by atoms with Gasteiger partial charge < -0.3 is 10.2 Å². The lowest BCUT2D eigenvalue weighted by molar-refractivity contribution is 0.0596. The van der Waals surface area contributed by atoms with E-state index in [9.17, 15) is 0 Å². The van der Waals surface area contributed by atoms with Crippen molar-refractivity contribution in [1.82, 2.24) is 0 Å². The van der Waals surface area contributed by atoms with Gasteiger partial charge in [0.2, 0.25) is 0 Å². The third kappa shape index (κ3) is 3.45. The van der Waals surface area contributed by atoms with Crippen molar-refractivity contribution in [1.29, 1.82) is 0 Å². The summed E-state index contributed by atoms with van der Waals surface area (Å²) in [6.07, 6.45) is 7.58. The highest BCUT2D eigenvalue weighted by molar-refractivity contribution is 5.15. The third-order valence-corrected chi connectivity index (χ3v) is 2.04. The molecule has 0 rings (SSSR count). The zero-order valence-electron chi connectivity index (χ0n) is 7.79. The Hall–Kier alpha value is -1.04. The molecule has 0 saturated heterocycles. The molecule has 0 saturated carbocycles. The van der Waals surface area contributed by atoms with Gasteiger partial charge in [-0.15, -0.1) is 12.3 Å². The highest BCUT2D eigenvalue weighted by Crippen LogP contribution is 2.28. The summed E-state index contributed by atoms with van der Waals surface area (Å²) in [5, 5.41) is 18.2. The van der Waals surface area contributed by atoms with Crippen molar-refractivity contribution in [3.05, 3.63) is 24.8 Å². The van der Waals surface area contributed by atoms with Gasteiger partial charge in [0.25, 0.3) is 0 Å². The van der Waals surface area contributed by atoms with Gasteiger partial charge >= 0.3 is 0 Å². The minimum Gasteiger partial charge on any atom is -0.396 e. The van der Waals surface area contributed by atoms with Crippen molar-refractivity contribution in [3.63, 3.8) is 0 Å². The quantitative estimate of drug-likeness (QED) is 0.475. The average Bonchev–Trinajstić information content (AvgIpc) is 2.17. The predicted octanol–water partition coefficient (Wildman–Crippen LogP) is 1.11. The zero-order valence-corrected chi connectivity index (χ0v) is 7.79. The second kappa shape index (κ2) is 5.58. The van der Waals surface area contributed by atoms with E-state index in [0.29, 0.717) is 12.8 Å². The van der Waals surface area contributed by atoms with Crippen LogP contribution in [0.4, 0.5) is 0 Å². The molecule has 0 aromatic heterocycles. The lowest BCUT2D eigenvalue weighted by atomic mass is 9.80. The molecule has 0 bridgehead atoms. The Morgan fingerprint density at radius 2 is 2.00 bits per heavy atom. The molecule has 2 nitrogen and oxygen atoms in total. The summed E-state index contributed by atoms with van der Waals surface area (Å²) in [5.74, 6) is 2.44. The lowest BCUT2D eigenvalue weighted by Crippen LogP contribution is -2.29. The fourth-order valence-corrected chi connectivity index (χ4v) is 1.11. The first kappa shape index (κ1) is 12.0. The van der Waals surface area contributed by atoms with Crippen LogP contribution < -0.4 is 0 Å². The predicted molar refractivity (Wildman–Crippen MR) is 54.0 cm³/mol. The van der Waals surface area contributed by atoms with Crippen molar-refractivity contribution in [2.24, 2.45) is 5.41 Å². The van der Waals surface area contributed by atoms with Crippen LogP contribution in [0.15, 0.2) is 24.8 Å². The number of terminal acetylenes is 1. The van der Waals surface area contributed by atoms with E-state index in [4.69, 9.17) is 16.6 Å². The van der Waals surface area contributed by atoms with Gasteiger partial charge in [-0.1, -0.05) is 24.8 Å². The van der Waals surface area contributed by atoms with Crippen LogP contribution in [0.25, 0.3) is 0 Å². The van der Waals surface area contributed by atoms with Crippen LogP contribution in [0.5, 0.6) is 0 Å². The fourth-order valence-electron chi connectivity index (χ4n) is 1.11. The summed E-state index contributed by atoms with van der Waals surface area (Å²) in [6.45, 7) is 7.01. The van der Waals surface area contributed by atoms with Gasteiger partial charge in [0, 0.05) is 11.8 Å². The van der Waals surface area contributed by atoms with Gasteiger partial charge in [0.05, 0.1) is 13.2 Å². The van der Waals surface area contributed by atoms with E-state index >= 15 is 0 Å². The first-order chi connectivity index (χ1) is 6.14. The SMILES string of the molecule is C#CCC(CO)(CO)CC(=C)C=C. The van der Waals surface area contributed by atoms with Gasteiger partial charge in [-0.05, 0) is 6.42 Å². The van der Waals surface area contributed by atoms with Crippen LogP contribution in [-0.4, -0.2) is 23.4 Å². The zero-order chi connectivity index (χ0) is 10.3. The van der Waals surface area contributed by atoms with Crippen molar-refractivity contribution >= 4 is 0 Å². The molecule has 13 heavy (non-hydrogen) atoms. The number of aliphatic hydroxyl groups excluding tert-OH is 2. The van der Waals surface area contributed by atoms with E-state index in [-0.39, 0.29) is 13.2 Å². The molecule has 72 valence electrons. The number of hydrogen-bond donors (Lipinski definition) is 2. The van der Waals surface area contributed by atoms with E-state index in [1.807, 2.05) is 0 Å². The molecule has 2 heteroatoms. The van der Waals surface area contributed by atoms with Crippen LogP contribution in [0, 0.1) is 17.8 Å². The fraction of sp³-hybridized carbons (Fsp3) is 0.455. The highest BCUT2D eigenvalue weighted by Gasteiger charge is 2.27. The molecule has 0 aliphatic heterocycles. The maximum Gasteiger partial charge on any atom is 0.0521 e. The molecule has 0 aromatic carbocycles.